The van der Waals surface area contributed by atoms with Crippen molar-refractivity contribution in [1.82, 2.24) is 9.88 Å². The maximum Gasteiger partial charge on any atom is 0.241 e. The highest BCUT2D eigenvalue weighted by atomic mass is 35.5. The first-order valence-corrected chi connectivity index (χ1v) is 5.77. The fraction of sp³-hybridized carbons (Fsp3) is 0.600. The highest BCUT2D eigenvalue weighted by Crippen LogP contribution is 2.13. The monoisotopic (exact) mass is 315 g/mol. The SMILES string of the molecule is COCC(N)C(=O)N(C)Cc1cnc(C)s1.Cl.Cl. The van der Waals surface area contributed by atoms with E-state index in [1.54, 1.807) is 29.5 Å². The van der Waals surface area contributed by atoms with Gasteiger partial charge in [0, 0.05) is 25.2 Å². The summed E-state index contributed by atoms with van der Waals surface area (Å²) in [6.07, 6.45) is 1.78. The number of halogens is 2. The van der Waals surface area contributed by atoms with Crippen molar-refractivity contribution in [3.8, 4) is 0 Å². The molecular formula is C10H19Cl2N3O2S. The van der Waals surface area contributed by atoms with Gasteiger partial charge < -0.3 is 15.4 Å². The maximum atomic E-state index is 11.7. The second kappa shape index (κ2) is 9.52. The standard InChI is InChI=1S/C10H17N3O2S.2ClH/c1-7-12-4-8(16-7)5-13(2)10(14)9(11)6-15-3;;/h4,9H,5-6,11H2,1-3H3;2*1H. The summed E-state index contributed by atoms with van der Waals surface area (Å²) in [4.78, 5) is 18.5. The van der Waals surface area contributed by atoms with Gasteiger partial charge in [0.15, 0.2) is 0 Å². The fourth-order valence-corrected chi connectivity index (χ4v) is 2.17. The number of aromatic nitrogens is 1. The van der Waals surface area contributed by atoms with Crippen molar-refractivity contribution < 1.29 is 9.53 Å². The normalized spacial score (nSPS) is 11.1. The van der Waals surface area contributed by atoms with Crippen LogP contribution in [0.1, 0.15) is 9.88 Å². The Morgan fingerprint density at radius 3 is 2.67 bits per heavy atom. The molecule has 0 aliphatic rings. The van der Waals surface area contributed by atoms with Crippen LogP contribution in [0.4, 0.5) is 0 Å². The topological polar surface area (TPSA) is 68.5 Å². The number of nitrogens with two attached hydrogens (primary N) is 1. The molecule has 1 rings (SSSR count). The molecule has 18 heavy (non-hydrogen) atoms. The van der Waals surface area contributed by atoms with Gasteiger partial charge in [-0.1, -0.05) is 0 Å². The van der Waals surface area contributed by atoms with Gasteiger partial charge in [0.25, 0.3) is 0 Å². The summed E-state index contributed by atoms with van der Waals surface area (Å²) in [5, 5.41) is 0.997. The van der Waals surface area contributed by atoms with Gasteiger partial charge in [0.2, 0.25) is 5.91 Å². The van der Waals surface area contributed by atoms with Gasteiger partial charge >= 0.3 is 0 Å². The van der Waals surface area contributed by atoms with E-state index < -0.39 is 6.04 Å². The molecule has 0 aromatic carbocycles. The van der Waals surface area contributed by atoms with Gasteiger partial charge in [-0.15, -0.1) is 36.2 Å². The summed E-state index contributed by atoms with van der Waals surface area (Å²) in [6, 6.07) is -0.594. The van der Waals surface area contributed by atoms with Crippen molar-refractivity contribution in [2.24, 2.45) is 5.73 Å². The molecule has 1 unspecified atom stereocenters. The van der Waals surface area contributed by atoms with E-state index in [0.29, 0.717) is 6.54 Å². The Hall–Kier alpha value is -0.400. The number of hydrogen-bond donors (Lipinski definition) is 1. The third kappa shape index (κ3) is 5.97. The molecule has 106 valence electrons. The summed E-state index contributed by atoms with van der Waals surface area (Å²) in [6.45, 7) is 2.72. The second-order valence-corrected chi connectivity index (χ2v) is 4.92. The Morgan fingerprint density at radius 1 is 1.61 bits per heavy atom. The highest BCUT2D eigenvalue weighted by Gasteiger charge is 2.18. The molecule has 0 bridgehead atoms. The molecule has 1 atom stereocenters. The molecule has 0 aliphatic heterocycles. The molecule has 1 heterocycles. The quantitative estimate of drug-likeness (QED) is 0.887. The van der Waals surface area contributed by atoms with Gasteiger partial charge in [0.1, 0.15) is 6.04 Å². The number of ether oxygens (including phenoxy) is 1. The van der Waals surface area contributed by atoms with Crippen molar-refractivity contribution in [2.45, 2.75) is 19.5 Å². The van der Waals surface area contributed by atoms with Crippen LogP contribution in [-0.2, 0) is 16.1 Å². The summed E-state index contributed by atoms with van der Waals surface area (Å²) in [5.41, 5.74) is 5.66. The minimum absolute atomic E-state index is 0. The van der Waals surface area contributed by atoms with Crippen molar-refractivity contribution in [3.05, 3.63) is 16.1 Å². The number of aryl methyl sites for hydroxylation is 1. The third-order valence-electron chi connectivity index (χ3n) is 2.10. The minimum atomic E-state index is -0.594. The zero-order valence-corrected chi connectivity index (χ0v) is 13.0. The van der Waals surface area contributed by atoms with Crippen LogP contribution in [0.3, 0.4) is 0 Å². The van der Waals surface area contributed by atoms with Crippen LogP contribution in [0.2, 0.25) is 0 Å². The van der Waals surface area contributed by atoms with Gasteiger partial charge in [-0.25, -0.2) is 4.98 Å². The lowest BCUT2D eigenvalue weighted by Gasteiger charge is -2.19. The Morgan fingerprint density at radius 2 is 2.22 bits per heavy atom. The van der Waals surface area contributed by atoms with Crippen LogP contribution < -0.4 is 5.73 Å². The minimum Gasteiger partial charge on any atom is -0.383 e. The van der Waals surface area contributed by atoms with Gasteiger partial charge in [-0.2, -0.15) is 0 Å². The molecule has 2 N–H and O–H groups in total. The average molecular weight is 316 g/mol. The summed E-state index contributed by atoms with van der Waals surface area (Å²) < 4.78 is 4.85. The van der Waals surface area contributed by atoms with E-state index in [1.165, 1.54) is 7.11 Å². The van der Waals surface area contributed by atoms with E-state index >= 15 is 0 Å². The van der Waals surface area contributed by atoms with Gasteiger partial charge in [0.05, 0.1) is 18.2 Å². The van der Waals surface area contributed by atoms with Crippen LogP contribution in [0.5, 0.6) is 0 Å². The van der Waals surface area contributed by atoms with Crippen LogP contribution >= 0.6 is 36.2 Å². The van der Waals surface area contributed by atoms with E-state index in [0.717, 1.165) is 9.88 Å². The number of hydrogen-bond acceptors (Lipinski definition) is 5. The fourth-order valence-electron chi connectivity index (χ4n) is 1.32. The lowest BCUT2D eigenvalue weighted by atomic mass is 10.3. The zero-order valence-electron chi connectivity index (χ0n) is 10.6. The summed E-state index contributed by atoms with van der Waals surface area (Å²) in [5.74, 6) is -0.118. The number of amides is 1. The molecular weight excluding hydrogens is 297 g/mol. The molecule has 0 saturated heterocycles. The molecule has 1 aromatic rings. The van der Waals surface area contributed by atoms with E-state index in [-0.39, 0.29) is 37.3 Å². The smallest absolute Gasteiger partial charge is 0.241 e. The molecule has 0 aliphatic carbocycles. The van der Waals surface area contributed by atoms with E-state index in [1.807, 2.05) is 6.92 Å². The van der Waals surface area contributed by atoms with E-state index in [9.17, 15) is 4.79 Å². The Kier molecular flexibility index (Phi) is 10.5. The molecule has 0 radical (unpaired) electrons. The van der Waals surface area contributed by atoms with Crippen molar-refractivity contribution in [2.75, 3.05) is 20.8 Å². The van der Waals surface area contributed by atoms with Crippen LogP contribution in [0.25, 0.3) is 0 Å². The zero-order chi connectivity index (χ0) is 12.1. The number of rotatable bonds is 5. The summed E-state index contributed by atoms with van der Waals surface area (Å²) in [7, 11) is 3.26. The van der Waals surface area contributed by atoms with E-state index in [4.69, 9.17) is 10.5 Å². The lowest BCUT2D eigenvalue weighted by molar-refractivity contribution is -0.132. The third-order valence-corrected chi connectivity index (χ3v) is 3.00. The number of methoxy groups -OCH3 is 1. The van der Waals surface area contributed by atoms with Gasteiger partial charge in [-0.05, 0) is 6.92 Å². The molecule has 1 amide bonds. The first-order valence-electron chi connectivity index (χ1n) is 4.95. The molecule has 0 saturated carbocycles. The predicted octanol–water partition coefficient (Wildman–Crippen LogP) is 1.23. The first kappa shape index (κ1) is 19.9. The Bertz CT molecular complexity index is 363. The number of carbonyl (C=O) groups is 1. The average Bonchev–Trinajstić information content (AvgIpc) is 2.63. The molecule has 8 heteroatoms. The van der Waals surface area contributed by atoms with E-state index in [2.05, 4.69) is 4.98 Å². The molecule has 1 aromatic heterocycles. The van der Waals surface area contributed by atoms with Crippen molar-refractivity contribution >= 4 is 42.1 Å². The molecule has 0 fully saturated rings. The molecule has 5 nitrogen and oxygen atoms in total. The highest BCUT2D eigenvalue weighted by molar-refractivity contribution is 7.11. The van der Waals surface area contributed by atoms with Crippen molar-refractivity contribution in [3.63, 3.8) is 0 Å². The van der Waals surface area contributed by atoms with Gasteiger partial charge in [-0.3, -0.25) is 4.79 Å². The van der Waals surface area contributed by atoms with Crippen LogP contribution in [-0.4, -0.2) is 42.6 Å². The van der Waals surface area contributed by atoms with Crippen LogP contribution in [0, 0.1) is 6.92 Å². The second-order valence-electron chi connectivity index (χ2n) is 3.60. The van der Waals surface area contributed by atoms with Crippen molar-refractivity contribution in [1.29, 1.82) is 0 Å². The number of nitrogens with zero attached hydrogens (tertiary/aromatic N) is 2. The number of thiazole rings is 1. The Labute approximate surface area is 124 Å². The predicted molar refractivity (Wildman–Crippen MR) is 77.7 cm³/mol. The van der Waals surface area contributed by atoms with Crippen LogP contribution in [0.15, 0.2) is 6.20 Å². The largest absolute Gasteiger partial charge is 0.383 e. The maximum absolute atomic E-state index is 11.7. The lowest BCUT2D eigenvalue weighted by Crippen LogP contribution is -2.43. The number of likely N-dealkylation sites (N-methyl/N-ethyl adjacent to an activating group) is 1. The first-order chi connectivity index (χ1) is 7.54. The molecule has 0 spiro atoms. The Balaban J connectivity index is 0. The summed E-state index contributed by atoms with van der Waals surface area (Å²) >= 11 is 1.58. The number of carbonyl (C=O) groups excluding carboxylic acids is 1.